The number of thiophene rings is 1. The molecule has 0 saturated heterocycles. The molecule has 6 heteroatoms. The molecule has 0 saturated carbocycles. The van der Waals surface area contributed by atoms with Gasteiger partial charge in [-0.2, -0.15) is 5.26 Å². The van der Waals surface area contributed by atoms with E-state index in [0.717, 1.165) is 0 Å². The maximum absolute atomic E-state index is 13.8. The zero-order valence-corrected chi connectivity index (χ0v) is 14.9. The van der Waals surface area contributed by atoms with Crippen LogP contribution in [0.15, 0.2) is 40.7 Å². The van der Waals surface area contributed by atoms with Crippen LogP contribution in [0, 0.1) is 17.1 Å². The summed E-state index contributed by atoms with van der Waals surface area (Å²) in [5.41, 5.74) is 0.849. The molecule has 1 aromatic heterocycles. The predicted molar refractivity (Wildman–Crippen MR) is 96.7 cm³/mol. The molecular weight excluding hydrogens is 323 g/mol. The van der Waals surface area contributed by atoms with Gasteiger partial charge in [-0.3, -0.25) is 4.99 Å². The van der Waals surface area contributed by atoms with Crippen LogP contribution in [0.25, 0.3) is 0 Å². The SMILES string of the molecule is CN=C(NCc1cc(C#N)ccc1F)NCC(C)(C)c1cccs1. The fourth-order valence-electron chi connectivity index (χ4n) is 2.23. The maximum Gasteiger partial charge on any atom is 0.191 e. The summed E-state index contributed by atoms with van der Waals surface area (Å²) < 4.78 is 13.8. The molecule has 0 atom stereocenters. The number of guanidine groups is 1. The van der Waals surface area contributed by atoms with Gasteiger partial charge in [0.05, 0.1) is 11.6 Å². The molecule has 0 fully saturated rings. The van der Waals surface area contributed by atoms with E-state index < -0.39 is 0 Å². The fourth-order valence-corrected chi connectivity index (χ4v) is 3.09. The normalized spacial score (nSPS) is 11.9. The van der Waals surface area contributed by atoms with Crippen molar-refractivity contribution in [3.63, 3.8) is 0 Å². The van der Waals surface area contributed by atoms with Crippen molar-refractivity contribution in [2.24, 2.45) is 4.99 Å². The number of hydrogen-bond donors (Lipinski definition) is 2. The first-order chi connectivity index (χ1) is 11.5. The van der Waals surface area contributed by atoms with E-state index in [-0.39, 0.29) is 17.8 Å². The molecule has 0 bridgehead atoms. The van der Waals surface area contributed by atoms with E-state index in [4.69, 9.17) is 5.26 Å². The molecule has 0 unspecified atom stereocenters. The minimum Gasteiger partial charge on any atom is -0.356 e. The topological polar surface area (TPSA) is 60.2 Å². The number of rotatable bonds is 5. The van der Waals surface area contributed by atoms with Crippen LogP contribution in [0.5, 0.6) is 0 Å². The number of nitrogens with one attached hydrogen (secondary N) is 2. The van der Waals surface area contributed by atoms with Gasteiger partial charge in [-0.15, -0.1) is 11.3 Å². The van der Waals surface area contributed by atoms with E-state index in [0.29, 0.717) is 23.6 Å². The van der Waals surface area contributed by atoms with Crippen LogP contribution in [0.3, 0.4) is 0 Å². The zero-order valence-electron chi connectivity index (χ0n) is 14.1. The van der Waals surface area contributed by atoms with Crippen LogP contribution in [-0.2, 0) is 12.0 Å². The van der Waals surface area contributed by atoms with Gasteiger partial charge in [-0.05, 0) is 29.6 Å². The first-order valence-corrected chi connectivity index (χ1v) is 8.51. The Morgan fingerprint density at radius 1 is 1.33 bits per heavy atom. The van der Waals surface area contributed by atoms with Crippen molar-refractivity contribution in [2.45, 2.75) is 25.8 Å². The van der Waals surface area contributed by atoms with Gasteiger partial charge < -0.3 is 10.6 Å². The Morgan fingerprint density at radius 3 is 2.75 bits per heavy atom. The molecule has 1 heterocycles. The lowest BCUT2D eigenvalue weighted by atomic mass is 9.91. The van der Waals surface area contributed by atoms with Crippen LogP contribution in [0.4, 0.5) is 4.39 Å². The summed E-state index contributed by atoms with van der Waals surface area (Å²) in [7, 11) is 1.68. The van der Waals surface area contributed by atoms with E-state index in [2.05, 4.69) is 40.9 Å². The highest BCUT2D eigenvalue weighted by Crippen LogP contribution is 2.26. The molecule has 126 valence electrons. The lowest BCUT2D eigenvalue weighted by Gasteiger charge is -2.25. The Balaban J connectivity index is 1.95. The van der Waals surface area contributed by atoms with Gasteiger partial charge in [0, 0.05) is 36.0 Å². The monoisotopic (exact) mass is 344 g/mol. The van der Waals surface area contributed by atoms with Crippen molar-refractivity contribution >= 4 is 17.3 Å². The average molecular weight is 344 g/mol. The minimum absolute atomic E-state index is 0.0300. The van der Waals surface area contributed by atoms with Gasteiger partial charge in [0.25, 0.3) is 0 Å². The van der Waals surface area contributed by atoms with Crippen molar-refractivity contribution in [1.29, 1.82) is 5.26 Å². The van der Waals surface area contributed by atoms with E-state index in [1.807, 2.05) is 12.1 Å². The fraction of sp³-hybridized carbons (Fsp3) is 0.333. The molecule has 0 radical (unpaired) electrons. The number of halogens is 1. The lowest BCUT2D eigenvalue weighted by molar-refractivity contribution is 0.518. The van der Waals surface area contributed by atoms with Gasteiger partial charge in [0.15, 0.2) is 5.96 Å². The predicted octanol–water partition coefficient (Wildman–Crippen LogP) is 3.40. The summed E-state index contributed by atoms with van der Waals surface area (Å²) in [5, 5.41) is 17.3. The highest BCUT2D eigenvalue weighted by Gasteiger charge is 2.21. The molecule has 0 aliphatic rings. The Hall–Kier alpha value is -2.39. The van der Waals surface area contributed by atoms with Crippen LogP contribution in [0.1, 0.15) is 29.9 Å². The van der Waals surface area contributed by atoms with E-state index >= 15 is 0 Å². The Labute approximate surface area is 146 Å². The smallest absolute Gasteiger partial charge is 0.191 e. The van der Waals surface area contributed by atoms with Crippen molar-refractivity contribution in [3.8, 4) is 6.07 Å². The Morgan fingerprint density at radius 2 is 2.12 bits per heavy atom. The van der Waals surface area contributed by atoms with Crippen LogP contribution in [-0.4, -0.2) is 19.6 Å². The summed E-state index contributed by atoms with van der Waals surface area (Å²) in [4.78, 5) is 5.46. The second kappa shape index (κ2) is 7.93. The van der Waals surface area contributed by atoms with Crippen molar-refractivity contribution in [3.05, 3.63) is 57.5 Å². The molecular formula is C18H21FN4S. The second-order valence-electron chi connectivity index (χ2n) is 6.06. The summed E-state index contributed by atoms with van der Waals surface area (Å²) in [6, 6.07) is 10.5. The van der Waals surface area contributed by atoms with Crippen LogP contribution >= 0.6 is 11.3 Å². The third-order valence-corrected chi connectivity index (χ3v) is 4.97. The lowest BCUT2D eigenvalue weighted by Crippen LogP contribution is -2.43. The molecule has 2 N–H and O–H groups in total. The van der Waals surface area contributed by atoms with E-state index in [9.17, 15) is 4.39 Å². The molecule has 0 amide bonds. The summed E-state index contributed by atoms with van der Waals surface area (Å²) >= 11 is 1.72. The third kappa shape index (κ3) is 4.56. The first-order valence-electron chi connectivity index (χ1n) is 7.63. The number of aliphatic imine (C=N–C) groups is 1. The number of benzene rings is 1. The van der Waals surface area contributed by atoms with Crippen molar-refractivity contribution < 1.29 is 4.39 Å². The summed E-state index contributed by atoms with van der Waals surface area (Å²) in [5.74, 6) is 0.261. The van der Waals surface area contributed by atoms with Gasteiger partial charge >= 0.3 is 0 Å². The van der Waals surface area contributed by atoms with Gasteiger partial charge in [0.1, 0.15) is 5.82 Å². The van der Waals surface area contributed by atoms with E-state index in [1.165, 1.54) is 17.0 Å². The standard InChI is InChI=1S/C18H21FN4S/c1-18(2,16-5-4-8-24-16)12-23-17(21-3)22-11-14-9-13(10-20)6-7-15(14)19/h4-9H,11-12H2,1-3H3,(H2,21,22,23). The highest BCUT2D eigenvalue weighted by molar-refractivity contribution is 7.10. The molecule has 0 spiro atoms. The van der Waals surface area contributed by atoms with Crippen molar-refractivity contribution in [2.75, 3.05) is 13.6 Å². The largest absolute Gasteiger partial charge is 0.356 e. The molecule has 0 aliphatic heterocycles. The maximum atomic E-state index is 13.8. The first kappa shape index (κ1) is 18.0. The second-order valence-corrected chi connectivity index (χ2v) is 7.01. The molecule has 2 aromatic rings. The van der Waals surface area contributed by atoms with Gasteiger partial charge in [-0.1, -0.05) is 19.9 Å². The summed E-state index contributed by atoms with van der Waals surface area (Å²) in [6.45, 7) is 5.29. The average Bonchev–Trinajstić information content (AvgIpc) is 3.12. The quantitative estimate of drug-likeness (QED) is 0.645. The van der Waals surface area contributed by atoms with Gasteiger partial charge in [0.2, 0.25) is 0 Å². The number of nitriles is 1. The Bertz CT molecular complexity index is 745. The Kier molecular flexibility index (Phi) is 5.93. The van der Waals surface area contributed by atoms with Crippen LogP contribution in [0.2, 0.25) is 0 Å². The van der Waals surface area contributed by atoms with Crippen LogP contribution < -0.4 is 10.6 Å². The molecule has 0 aliphatic carbocycles. The van der Waals surface area contributed by atoms with Crippen molar-refractivity contribution in [1.82, 2.24) is 10.6 Å². The van der Waals surface area contributed by atoms with Gasteiger partial charge in [-0.25, -0.2) is 4.39 Å². The number of hydrogen-bond acceptors (Lipinski definition) is 3. The highest BCUT2D eigenvalue weighted by atomic mass is 32.1. The summed E-state index contributed by atoms with van der Waals surface area (Å²) in [6.07, 6.45) is 0. The molecule has 1 aromatic carbocycles. The number of nitrogens with zero attached hydrogens (tertiary/aromatic N) is 2. The van der Waals surface area contributed by atoms with E-state index in [1.54, 1.807) is 24.5 Å². The molecule has 4 nitrogen and oxygen atoms in total. The molecule has 2 rings (SSSR count). The zero-order chi connectivity index (χ0) is 17.6. The minimum atomic E-state index is -0.337. The molecule has 24 heavy (non-hydrogen) atoms. The third-order valence-electron chi connectivity index (χ3n) is 3.73.